The van der Waals surface area contributed by atoms with Gasteiger partial charge in [0.25, 0.3) is 10.0 Å². The zero-order valence-electron chi connectivity index (χ0n) is 16.8. The van der Waals surface area contributed by atoms with Crippen LogP contribution in [0.3, 0.4) is 0 Å². The molecule has 0 saturated heterocycles. The van der Waals surface area contributed by atoms with E-state index in [1.54, 1.807) is 18.2 Å². The van der Waals surface area contributed by atoms with E-state index in [9.17, 15) is 13.2 Å². The summed E-state index contributed by atoms with van der Waals surface area (Å²) >= 11 is 14.8. The van der Waals surface area contributed by atoms with Gasteiger partial charge in [-0.2, -0.15) is 0 Å². The number of sulfonamides is 1. The number of carbonyl (C=O) groups is 1. The lowest BCUT2D eigenvalue weighted by molar-refractivity contribution is -0.114. The first-order chi connectivity index (χ1) is 15.2. The Labute approximate surface area is 204 Å². The number of rotatable bonds is 9. The molecule has 0 aliphatic rings. The lowest BCUT2D eigenvalue weighted by Gasteiger charge is -2.24. The van der Waals surface area contributed by atoms with E-state index in [1.807, 2.05) is 6.92 Å². The molecule has 1 amide bonds. The highest BCUT2D eigenvalue weighted by molar-refractivity contribution is 8.01. The minimum Gasteiger partial charge on any atom is -0.299 e. The lowest BCUT2D eigenvalue weighted by Crippen LogP contribution is -2.38. The number of hydrogen-bond acceptors (Lipinski definition) is 7. The van der Waals surface area contributed by atoms with Crippen molar-refractivity contribution >= 4 is 73.0 Å². The Morgan fingerprint density at radius 3 is 2.47 bits per heavy atom. The molecule has 0 radical (unpaired) electrons. The summed E-state index contributed by atoms with van der Waals surface area (Å²) in [5.41, 5.74) is 1.07. The lowest BCUT2D eigenvalue weighted by atomic mass is 10.2. The molecule has 0 atom stereocenters. The fourth-order valence-corrected chi connectivity index (χ4v) is 6.02. The first-order valence-corrected chi connectivity index (χ1v) is 13.1. The van der Waals surface area contributed by atoms with E-state index < -0.39 is 22.5 Å². The van der Waals surface area contributed by atoms with E-state index in [2.05, 4.69) is 22.1 Å². The van der Waals surface area contributed by atoms with E-state index in [-0.39, 0.29) is 25.8 Å². The third-order valence-electron chi connectivity index (χ3n) is 4.01. The van der Waals surface area contributed by atoms with E-state index >= 15 is 0 Å². The monoisotopic (exact) mass is 528 g/mol. The molecule has 1 aromatic heterocycles. The van der Waals surface area contributed by atoms with Crippen molar-refractivity contribution in [2.75, 3.05) is 21.9 Å². The molecular formula is C20H18Cl2N4O3S3. The van der Waals surface area contributed by atoms with E-state index in [0.29, 0.717) is 10.1 Å². The molecule has 1 heterocycles. The van der Waals surface area contributed by atoms with Gasteiger partial charge in [-0.3, -0.25) is 14.4 Å². The van der Waals surface area contributed by atoms with Gasteiger partial charge < -0.3 is 0 Å². The zero-order chi connectivity index (χ0) is 23.3. The predicted octanol–water partition coefficient (Wildman–Crippen LogP) is 5.27. The second kappa shape index (κ2) is 10.7. The number of nitrogens with one attached hydrogen (secondary N) is 1. The molecule has 0 spiro atoms. The molecule has 0 bridgehead atoms. The molecule has 0 fully saturated rings. The SMILES string of the molecule is C=CCSc1nnc(NC(=O)CN(c2cc(Cl)cc(Cl)c2)S(=O)(=O)c2ccc(C)cc2)s1. The molecule has 0 aliphatic heterocycles. The average Bonchev–Trinajstić information content (AvgIpc) is 3.17. The molecule has 0 unspecified atom stereocenters. The Bertz CT molecular complexity index is 1210. The van der Waals surface area contributed by atoms with Crippen LogP contribution in [-0.4, -0.2) is 36.8 Å². The Morgan fingerprint density at radius 2 is 1.84 bits per heavy atom. The first-order valence-electron chi connectivity index (χ1n) is 9.11. The number of aromatic nitrogens is 2. The molecule has 32 heavy (non-hydrogen) atoms. The van der Waals surface area contributed by atoms with Crippen molar-refractivity contribution in [3.8, 4) is 0 Å². The van der Waals surface area contributed by atoms with Crippen molar-refractivity contribution in [1.29, 1.82) is 0 Å². The second-order valence-corrected chi connectivity index (χ2v) is 11.5. The summed E-state index contributed by atoms with van der Waals surface area (Å²) < 4.78 is 28.4. The number of aryl methyl sites for hydroxylation is 1. The average molecular weight is 529 g/mol. The topological polar surface area (TPSA) is 92.3 Å². The molecule has 3 aromatic rings. The smallest absolute Gasteiger partial charge is 0.264 e. The summed E-state index contributed by atoms with van der Waals surface area (Å²) in [5.74, 6) is 0.0638. The molecule has 168 valence electrons. The van der Waals surface area contributed by atoms with Crippen molar-refractivity contribution < 1.29 is 13.2 Å². The Hall–Kier alpha value is -2.11. The maximum absolute atomic E-state index is 13.4. The van der Waals surface area contributed by atoms with Crippen molar-refractivity contribution in [3.63, 3.8) is 0 Å². The van der Waals surface area contributed by atoms with Crippen molar-refractivity contribution in [2.45, 2.75) is 16.2 Å². The number of thioether (sulfide) groups is 1. The summed E-state index contributed by atoms with van der Waals surface area (Å²) in [4.78, 5) is 12.8. The highest BCUT2D eigenvalue weighted by Crippen LogP contribution is 2.30. The van der Waals surface area contributed by atoms with E-state index in [4.69, 9.17) is 23.2 Å². The first kappa shape index (κ1) is 24.5. The predicted molar refractivity (Wildman–Crippen MR) is 132 cm³/mol. The second-order valence-electron chi connectivity index (χ2n) is 6.47. The number of hydrogen-bond donors (Lipinski definition) is 1. The van der Waals surface area contributed by atoms with Gasteiger partial charge in [0.15, 0.2) is 4.34 Å². The Balaban J connectivity index is 1.90. The highest BCUT2D eigenvalue weighted by Gasteiger charge is 2.28. The number of amides is 1. The van der Waals surface area contributed by atoms with Gasteiger partial charge in [0, 0.05) is 15.8 Å². The molecule has 1 N–H and O–H groups in total. The maximum atomic E-state index is 13.4. The Kier molecular flexibility index (Phi) is 8.18. The van der Waals surface area contributed by atoms with Gasteiger partial charge in [-0.05, 0) is 37.3 Å². The molecular weight excluding hydrogens is 511 g/mol. The highest BCUT2D eigenvalue weighted by atomic mass is 35.5. The van der Waals surface area contributed by atoms with Crippen LogP contribution in [0.1, 0.15) is 5.56 Å². The van der Waals surface area contributed by atoms with Gasteiger partial charge in [-0.25, -0.2) is 8.42 Å². The van der Waals surface area contributed by atoms with Gasteiger partial charge in [0.1, 0.15) is 6.54 Å². The van der Waals surface area contributed by atoms with Crippen LogP contribution in [-0.2, 0) is 14.8 Å². The number of halogens is 2. The summed E-state index contributed by atoms with van der Waals surface area (Å²) in [5, 5.41) is 11.2. The standard InChI is InChI=1S/C20H18Cl2N4O3S3/c1-3-8-30-20-25-24-19(31-20)23-18(27)12-26(16-10-14(21)9-15(22)11-16)32(28,29)17-6-4-13(2)5-7-17/h3-7,9-11H,1,8,12H2,2H3,(H,23,24,27). The summed E-state index contributed by atoms with van der Waals surface area (Å²) in [6.45, 7) is 4.98. The van der Waals surface area contributed by atoms with E-state index in [1.165, 1.54) is 53.4 Å². The van der Waals surface area contributed by atoms with Crippen LogP contribution in [0.4, 0.5) is 10.8 Å². The van der Waals surface area contributed by atoms with E-state index in [0.717, 1.165) is 9.87 Å². The van der Waals surface area contributed by atoms with Crippen LogP contribution >= 0.6 is 46.3 Å². The van der Waals surface area contributed by atoms with Gasteiger partial charge in [-0.1, -0.05) is 70.1 Å². The number of nitrogens with zero attached hydrogens (tertiary/aromatic N) is 3. The summed E-state index contributed by atoms with van der Waals surface area (Å²) in [7, 11) is -4.09. The van der Waals surface area contributed by atoms with Crippen LogP contribution in [0.2, 0.25) is 10.0 Å². The van der Waals surface area contributed by atoms with Crippen LogP contribution in [0.15, 0.2) is 64.4 Å². The van der Waals surface area contributed by atoms with Crippen molar-refractivity contribution in [1.82, 2.24) is 10.2 Å². The fraction of sp³-hybridized carbons (Fsp3) is 0.150. The third kappa shape index (κ3) is 6.23. The molecule has 0 aliphatic carbocycles. The van der Waals surface area contributed by atoms with Crippen LogP contribution in [0, 0.1) is 6.92 Å². The molecule has 12 heteroatoms. The number of anilines is 2. The van der Waals surface area contributed by atoms with Crippen LogP contribution in [0.25, 0.3) is 0 Å². The fourth-order valence-electron chi connectivity index (χ4n) is 2.57. The molecule has 7 nitrogen and oxygen atoms in total. The van der Waals surface area contributed by atoms with Crippen LogP contribution < -0.4 is 9.62 Å². The van der Waals surface area contributed by atoms with Gasteiger partial charge in [-0.15, -0.1) is 16.8 Å². The largest absolute Gasteiger partial charge is 0.299 e. The molecule has 0 saturated carbocycles. The summed E-state index contributed by atoms with van der Waals surface area (Å²) in [6, 6.07) is 10.7. The molecule has 2 aromatic carbocycles. The quantitative estimate of drug-likeness (QED) is 0.231. The number of benzene rings is 2. The summed E-state index contributed by atoms with van der Waals surface area (Å²) in [6.07, 6.45) is 1.73. The van der Waals surface area contributed by atoms with Gasteiger partial charge >= 0.3 is 0 Å². The maximum Gasteiger partial charge on any atom is 0.264 e. The minimum atomic E-state index is -4.09. The van der Waals surface area contributed by atoms with Gasteiger partial charge in [0.05, 0.1) is 10.6 Å². The Morgan fingerprint density at radius 1 is 1.19 bits per heavy atom. The van der Waals surface area contributed by atoms with Crippen LogP contribution in [0.5, 0.6) is 0 Å². The molecule has 3 rings (SSSR count). The van der Waals surface area contributed by atoms with Crippen molar-refractivity contribution in [2.24, 2.45) is 0 Å². The van der Waals surface area contributed by atoms with Gasteiger partial charge in [0.2, 0.25) is 11.0 Å². The zero-order valence-corrected chi connectivity index (χ0v) is 20.7. The minimum absolute atomic E-state index is 0.0334. The number of carbonyl (C=O) groups excluding carboxylic acids is 1. The normalized spacial score (nSPS) is 11.2. The van der Waals surface area contributed by atoms with Crippen molar-refractivity contribution in [3.05, 3.63) is 70.7 Å². The third-order valence-corrected chi connectivity index (χ3v) is 8.20.